The average Bonchev–Trinajstić information content (AvgIpc) is 2.98. The van der Waals surface area contributed by atoms with Crippen molar-refractivity contribution in [1.82, 2.24) is 0 Å². The number of fused-ring (bicyclic) bond motifs is 1. The average molecular weight is 215 g/mol. The van der Waals surface area contributed by atoms with Crippen LogP contribution in [0.2, 0.25) is 0 Å². The molecule has 1 unspecified atom stereocenters. The van der Waals surface area contributed by atoms with Gasteiger partial charge in [-0.05, 0) is 12.1 Å². The Kier molecular flexibility index (Phi) is 2.18. The minimum Gasteiger partial charge on any atom is -0.496 e. The minimum absolute atomic E-state index is 0.217. The fraction of sp³-hybridized carbons (Fsp3) is 0.231. The Hall–Kier alpha value is -1.74. The van der Waals surface area contributed by atoms with Gasteiger partial charge in [-0.2, -0.15) is 0 Å². The van der Waals surface area contributed by atoms with E-state index in [1.807, 2.05) is 30.3 Å². The summed E-state index contributed by atoms with van der Waals surface area (Å²) in [4.78, 5) is 0. The first-order chi connectivity index (χ1) is 7.86. The quantitative estimate of drug-likeness (QED) is 0.837. The summed E-state index contributed by atoms with van der Waals surface area (Å²) in [7, 11) is 0. The highest BCUT2D eigenvalue weighted by molar-refractivity contribution is 5.81. The molecule has 1 aliphatic rings. The summed E-state index contributed by atoms with van der Waals surface area (Å²) in [6.45, 7) is 0.735. The molecule has 0 saturated carbocycles. The molecule has 1 aromatic heterocycles. The van der Waals surface area contributed by atoms with E-state index in [1.165, 1.54) is 0 Å². The molecular weight excluding hydrogens is 202 g/mol. The van der Waals surface area contributed by atoms with E-state index in [2.05, 4.69) is 0 Å². The third kappa shape index (κ3) is 1.41. The Morgan fingerprint density at radius 3 is 2.94 bits per heavy atom. The van der Waals surface area contributed by atoms with E-state index in [9.17, 15) is 0 Å². The molecule has 0 bridgehead atoms. The molecule has 1 atom stereocenters. The van der Waals surface area contributed by atoms with Gasteiger partial charge in [0.15, 0.2) is 0 Å². The fourth-order valence-electron chi connectivity index (χ4n) is 2.05. The molecule has 2 N–H and O–H groups in total. The molecule has 0 aliphatic carbocycles. The van der Waals surface area contributed by atoms with Crippen LogP contribution in [0.15, 0.2) is 46.8 Å². The monoisotopic (exact) mass is 215 g/mol. The van der Waals surface area contributed by atoms with E-state index >= 15 is 0 Å². The smallest absolute Gasteiger partial charge is 0.134 e. The summed E-state index contributed by atoms with van der Waals surface area (Å²) < 4.78 is 10.9. The number of ether oxygens (including phenoxy) is 1. The Morgan fingerprint density at radius 1 is 1.25 bits per heavy atom. The summed E-state index contributed by atoms with van der Waals surface area (Å²) >= 11 is 0. The third-order valence-corrected chi connectivity index (χ3v) is 2.88. The highest BCUT2D eigenvalue weighted by Crippen LogP contribution is 2.30. The fourth-order valence-corrected chi connectivity index (χ4v) is 2.05. The summed E-state index contributed by atoms with van der Waals surface area (Å²) in [5.41, 5.74) is 8.01. The van der Waals surface area contributed by atoms with Crippen molar-refractivity contribution in [2.45, 2.75) is 12.5 Å². The number of rotatable bonds is 2. The van der Waals surface area contributed by atoms with E-state index in [4.69, 9.17) is 14.9 Å². The Morgan fingerprint density at radius 2 is 2.12 bits per heavy atom. The van der Waals surface area contributed by atoms with E-state index in [-0.39, 0.29) is 6.04 Å². The number of nitrogens with two attached hydrogens (primary N) is 1. The molecule has 1 aliphatic heterocycles. The van der Waals surface area contributed by atoms with Gasteiger partial charge in [0, 0.05) is 17.4 Å². The van der Waals surface area contributed by atoms with E-state index < -0.39 is 0 Å². The maximum atomic E-state index is 6.16. The van der Waals surface area contributed by atoms with Gasteiger partial charge in [-0.1, -0.05) is 18.2 Å². The lowest BCUT2D eigenvalue weighted by atomic mass is 10.0. The largest absolute Gasteiger partial charge is 0.496 e. The van der Waals surface area contributed by atoms with Crippen LogP contribution in [0.1, 0.15) is 18.0 Å². The van der Waals surface area contributed by atoms with Crippen LogP contribution in [-0.4, -0.2) is 6.61 Å². The first-order valence-electron chi connectivity index (χ1n) is 5.41. The summed E-state index contributed by atoms with van der Waals surface area (Å²) in [5, 5.41) is 1.06. The summed E-state index contributed by atoms with van der Waals surface area (Å²) in [6.07, 6.45) is 4.71. The molecule has 16 heavy (non-hydrogen) atoms. The molecule has 3 rings (SSSR count). The molecule has 1 aromatic carbocycles. The number of para-hydroxylation sites is 1. The lowest BCUT2D eigenvalue weighted by Crippen LogP contribution is -2.13. The van der Waals surface area contributed by atoms with Crippen molar-refractivity contribution in [2.75, 3.05) is 6.61 Å². The Bertz CT molecular complexity index is 542. The summed E-state index contributed by atoms with van der Waals surface area (Å²) in [6, 6.07) is 7.68. The van der Waals surface area contributed by atoms with Crippen LogP contribution in [-0.2, 0) is 4.74 Å². The zero-order chi connectivity index (χ0) is 11.0. The van der Waals surface area contributed by atoms with Crippen molar-refractivity contribution < 1.29 is 9.15 Å². The topological polar surface area (TPSA) is 48.4 Å². The number of hydrogen-bond acceptors (Lipinski definition) is 3. The summed E-state index contributed by atoms with van der Waals surface area (Å²) in [5.74, 6) is 0.853. The van der Waals surface area contributed by atoms with Crippen LogP contribution >= 0.6 is 0 Å². The van der Waals surface area contributed by atoms with Crippen LogP contribution in [0.3, 0.4) is 0 Å². The van der Waals surface area contributed by atoms with Crippen LogP contribution < -0.4 is 5.73 Å². The molecular formula is C13H13NO2. The maximum Gasteiger partial charge on any atom is 0.134 e. The second kappa shape index (κ2) is 3.68. The van der Waals surface area contributed by atoms with Crippen molar-refractivity contribution >= 4 is 11.0 Å². The van der Waals surface area contributed by atoms with E-state index in [0.717, 1.165) is 35.3 Å². The maximum absolute atomic E-state index is 6.16. The minimum atomic E-state index is -0.217. The molecule has 3 nitrogen and oxygen atoms in total. The van der Waals surface area contributed by atoms with Gasteiger partial charge in [0.2, 0.25) is 0 Å². The zero-order valence-electron chi connectivity index (χ0n) is 8.85. The van der Waals surface area contributed by atoms with Gasteiger partial charge in [-0.15, -0.1) is 0 Å². The number of hydrogen-bond donors (Lipinski definition) is 1. The molecule has 3 heteroatoms. The van der Waals surface area contributed by atoms with Gasteiger partial charge in [0.1, 0.15) is 11.3 Å². The van der Waals surface area contributed by atoms with Gasteiger partial charge in [-0.25, -0.2) is 0 Å². The molecule has 82 valence electrons. The molecule has 0 fully saturated rings. The number of benzene rings is 1. The first kappa shape index (κ1) is 9.48. The van der Waals surface area contributed by atoms with E-state index in [0.29, 0.717) is 0 Å². The normalized spacial score (nSPS) is 17.2. The highest BCUT2D eigenvalue weighted by atomic mass is 16.5. The van der Waals surface area contributed by atoms with Crippen molar-refractivity contribution in [1.29, 1.82) is 0 Å². The number of furan rings is 1. The standard InChI is InChI=1S/C13H13NO2/c14-13(12-6-3-7-15-12)10-8-16-11-5-2-1-4-9(10)11/h1-2,4-6,8,13H,3,7,14H2. The zero-order valence-corrected chi connectivity index (χ0v) is 8.85. The van der Waals surface area contributed by atoms with Gasteiger partial charge >= 0.3 is 0 Å². The van der Waals surface area contributed by atoms with Gasteiger partial charge in [0.05, 0.1) is 18.9 Å². The first-order valence-corrected chi connectivity index (χ1v) is 5.41. The van der Waals surface area contributed by atoms with Gasteiger partial charge in [0.25, 0.3) is 0 Å². The molecule has 0 saturated heterocycles. The van der Waals surface area contributed by atoms with Gasteiger partial charge < -0.3 is 14.9 Å². The van der Waals surface area contributed by atoms with Crippen molar-refractivity contribution in [3.63, 3.8) is 0 Å². The van der Waals surface area contributed by atoms with Crippen molar-refractivity contribution in [3.05, 3.63) is 47.9 Å². The molecule has 0 radical (unpaired) electrons. The second-order valence-electron chi connectivity index (χ2n) is 3.91. The second-order valence-corrected chi connectivity index (χ2v) is 3.91. The van der Waals surface area contributed by atoms with Crippen LogP contribution in [0.4, 0.5) is 0 Å². The highest BCUT2D eigenvalue weighted by Gasteiger charge is 2.20. The van der Waals surface area contributed by atoms with Crippen molar-refractivity contribution in [3.8, 4) is 0 Å². The van der Waals surface area contributed by atoms with Crippen LogP contribution in [0, 0.1) is 0 Å². The Labute approximate surface area is 93.5 Å². The van der Waals surface area contributed by atoms with Crippen molar-refractivity contribution in [2.24, 2.45) is 5.73 Å². The Balaban J connectivity index is 2.05. The molecule has 2 aromatic rings. The van der Waals surface area contributed by atoms with Gasteiger partial charge in [-0.3, -0.25) is 0 Å². The molecule has 0 spiro atoms. The van der Waals surface area contributed by atoms with E-state index in [1.54, 1.807) is 6.26 Å². The predicted octanol–water partition coefficient (Wildman–Crippen LogP) is 2.74. The van der Waals surface area contributed by atoms with Crippen LogP contribution in [0.5, 0.6) is 0 Å². The predicted molar refractivity (Wildman–Crippen MR) is 61.8 cm³/mol. The molecule has 2 heterocycles. The van der Waals surface area contributed by atoms with Crippen LogP contribution in [0.25, 0.3) is 11.0 Å². The lowest BCUT2D eigenvalue weighted by molar-refractivity contribution is 0.225. The SMILES string of the molecule is NC(C1=CCCO1)c1coc2ccccc12. The lowest BCUT2D eigenvalue weighted by Gasteiger charge is -2.11. The molecule has 0 amide bonds. The third-order valence-electron chi connectivity index (χ3n) is 2.88.